The second-order valence-corrected chi connectivity index (χ2v) is 6.00. The molecule has 1 aliphatic rings. The molecule has 0 spiro atoms. The Morgan fingerprint density at radius 1 is 1.20 bits per heavy atom. The highest BCUT2D eigenvalue weighted by Crippen LogP contribution is 2.22. The highest BCUT2D eigenvalue weighted by Gasteiger charge is 2.24. The molecule has 2 rings (SSSR count). The van der Waals surface area contributed by atoms with E-state index in [1.165, 1.54) is 32.0 Å². The van der Waals surface area contributed by atoms with Gasteiger partial charge in [0.05, 0.1) is 0 Å². The van der Waals surface area contributed by atoms with Gasteiger partial charge in [-0.2, -0.15) is 0 Å². The topological polar surface area (TPSA) is 55.7 Å². The Kier molecular flexibility index (Phi) is 5.26. The molecule has 4 nitrogen and oxygen atoms in total. The molecule has 1 aliphatic heterocycles. The zero-order chi connectivity index (χ0) is 14.5. The average Bonchev–Trinajstić information content (AvgIpc) is 2.90. The van der Waals surface area contributed by atoms with Crippen molar-refractivity contribution in [3.8, 4) is 11.5 Å². The van der Waals surface area contributed by atoms with Crippen molar-refractivity contribution in [1.82, 2.24) is 10.2 Å². The summed E-state index contributed by atoms with van der Waals surface area (Å²) in [5.41, 5.74) is 0.826. The Balaban J connectivity index is 1.86. The molecule has 1 aromatic carbocycles. The molecule has 20 heavy (non-hydrogen) atoms. The number of hydrogen-bond acceptors (Lipinski definition) is 4. The summed E-state index contributed by atoms with van der Waals surface area (Å²) in [6.45, 7) is 8.50. The van der Waals surface area contributed by atoms with Crippen LogP contribution in [-0.4, -0.2) is 40.8 Å². The minimum atomic E-state index is 0.100. The van der Waals surface area contributed by atoms with Gasteiger partial charge in [0.1, 0.15) is 11.5 Å². The molecule has 0 amide bonds. The van der Waals surface area contributed by atoms with Crippen LogP contribution >= 0.6 is 0 Å². The number of phenols is 2. The lowest BCUT2D eigenvalue weighted by molar-refractivity contribution is 0.186. The standard InChI is InChI=1S/C16H26N2O2/c1-12(2)15(18-7-3-4-8-18)11-17-10-13-5-6-14(19)9-16(13)20/h5-6,9,12,15,17,19-20H,3-4,7-8,10-11H2,1-2H3. The Morgan fingerprint density at radius 3 is 2.50 bits per heavy atom. The fourth-order valence-corrected chi connectivity index (χ4v) is 2.92. The third kappa shape index (κ3) is 3.87. The molecule has 1 aromatic rings. The van der Waals surface area contributed by atoms with Gasteiger partial charge in [-0.3, -0.25) is 4.90 Å². The summed E-state index contributed by atoms with van der Waals surface area (Å²) in [7, 11) is 0. The van der Waals surface area contributed by atoms with Crippen LogP contribution in [0.1, 0.15) is 32.3 Å². The van der Waals surface area contributed by atoms with E-state index < -0.39 is 0 Å². The van der Waals surface area contributed by atoms with Crippen LogP contribution < -0.4 is 5.32 Å². The average molecular weight is 278 g/mol. The first-order valence-corrected chi connectivity index (χ1v) is 7.53. The van der Waals surface area contributed by atoms with E-state index in [0.29, 0.717) is 18.5 Å². The minimum Gasteiger partial charge on any atom is -0.508 e. The number of nitrogens with one attached hydrogen (secondary N) is 1. The summed E-state index contributed by atoms with van der Waals surface area (Å²) in [6.07, 6.45) is 2.62. The molecule has 1 heterocycles. The van der Waals surface area contributed by atoms with E-state index in [0.717, 1.165) is 12.1 Å². The molecule has 1 atom stereocenters. The highest BCUT2D eigenvalue weighted by molar-refractivity contribution is 5.38. The molecule has 0 saturated carbocycles. The monoisotopic (exact) mass is 278 g/mol. The first-order chi connectivity index (χ1) is 9.58. The zero-order valence-corrected chi connectivity index (χ0v) is 12.5. The maximum absolute atomic E-state index is 9.77. The van der Waals surface area contributed by atoms with E-state index in [1.807, 2.05) is 0 Å². The van der Waals surface area contributed by atoms with Gasteiger partial charge in [0, 0.05) is 30.8 Å². The third-order valence-electron chi connectivity index (χ3n) is 4.12. The van der Waals surface area contributed by atoms with Crippen LogP contribution in [0.15, 0.2) is 18.2 Å². The molecule has 1 unspecified atom stereocenters. The van der Waals surface area contributed by atoms with E-state index in [2.05, 4.69) is 24.1 Å². The van der Waals surface area contributed by atoms with Crippen molar-refractivity contribution in [3.63, 3.8) is 0 Å². The predicted molar refractivity (Wildman–Crippen MR) is 80.9 cm³/mol. The summed E-state index contributed by atoms with van der Waals surface area (Å²) < 4.78 is 0. The normalized spacial score (nSPS) is 17.8. The van der Waals surface area contributed by atoms with Crippen LogP contribution in [0.3, 0.4) is 0 Å². The fourth-order valence-electron chi connectivity index (χ4n) is 2.92. The summed E-state index contributed by atoms with van der Waals surface area (Å²) >= 11 is 0. The summed E-state index contributed by atoms with van der Waals surface area (Å²) in [5.74, 6) is 0.872. The first-order valence-electron chi connectivity index (χ1n) is 7.53. The lowest BCUT2D eigenvalue weighted by Gasteiger charge is -2.31. The van der Waals surface area contributed by atoms with E-state index in [4.69, 9.17) is 0 Å². The zero-order valence-electron chi connectivity index (χ0n) is 12.5. The van der Waals surface area contributed by atoms with Crippen LogP contribution in [0.5, 0.6) is 11.5 Å². The van der Waals surface area contributed by atoms with E-state index in [9.17, 15) is 10.2 Å². The molecular weight excluding hydrogens is 252 g/mol. The molecular formula is C16H26N2O2. The molecule has 0 aliphatic carbocycles. The smallest absolute Gasteiger partial charge is 0.123 e. The van der Waals surface area contributed by atoms with Crippen LogP contribution in [0, 0.1) is 5.92 Å². The second kappa shape index (κ2) is 6.95. The molecule has 4 heteroatoms. The van der Waals surface area contributed by atoms with Gasteiger partial charge in [-0.1, -0.05) is 19.9 Å². The number of phenolic OH excluding ortho intramolecular Hbond substituents is 2. The third-order valence-corrected chi connectivity index (χ3v) is 4.12. The van der Waals surface area contributed by atoms with Gasteiger partial charge in [0.2, 0.25) is 0 Å². The van der Waals surface area contributed by atoms with E-state index in [1.54, 1.807) is 12.1 Å². The largest absolute Gasteiger partial charge is 0.508 e. The van der Waals surface area contributed by atoms with Crippen molar-refractivity contribution < 1.29 is 10.2 Å². The van der Waals surface area contributed by atoms with Gasteiger partial charge < -0.3 is 15.5 Å². The predicted octanol–water partition coefficient (Wildman–Crippen LogP) is 2.31. The van der Waals surface area contributed by atoms with Crippen LogP contribution in [-0.2, 0) is 6.54 Å². The van der Waals surface area contributed by atoms with Crippen LogP contribution in [0.2, 0.25) is 0 Å². The van der Waals surface area contributed by atoms with Crippen LogP contribution in [0.25, 0.3) is 0 Å². The van der Waals surface area contributed by atoms with Crippen molar-refractivity contribution in [2.75, 3.05) is 19.6 Å². The van der Waals surface area contributed by atoms with Crippen molar-refractivity contribution >= 4 is 0 Å². The van der Waals surface area contributed by atoms with Crippen molar-refractivity contribution in [2.24, 2.45) is 5.92 Å². The molecule has 112 valence electrons. The van der Waals surface area contributed by atoms with Crippen LogP contribution in [0.4, 0.5) is 0 Å². The summed E-state index contributed by atoms with van der Waals surface area (Å²) in [5, 5.41) is 22.5. The van der Waals surface area contributed by atoms with Gasteiger partial charge in [-0.15, -0.1) is 0 Å². The lowest BCUT2D eigenvalue weighted by atomic mass is 10.0. The molecule has 0 aromatic heterocycles. The Morgan fingerprint density at radius 2 is 1.90 bits per heavy atom. The number of rotatable bonds is 6. The lowest BCUT2D eigenvalue weighted by Crippen LogP contribution is -2.44. The van der Waals surface area contributed by atoms with Gasteiger partial charge in [0.15, 0.2) is 0 Å². The van der Waals surface area contributed by atoms with Gasteiger partial charge in [0.25, 0.3) is 0 Å². The second-order valence-electron chi connectivity index (χ2n) is 6.00. The van der Waals surface area contributed by atoms with E-state index in [-0.39, 0.29) is 11.5 Å². The quantitative estimate of drug-likeness (QED) is 0.747. The molecule has 1 fully saturated rings. The Bertz CT molecular complexity index is 428. The van der Waals surface area contributed by atoms with Gasteiger partial charge in [-0.05, 0) is 37.9 Å². The number of hydrogen-bond donors (Lipinski definition) is 3. The first kappa shape index (κ1) is 15.1. The molecule has 0 bridgehead atoms. The van der Waals surface area contributed by atoms with Gasteiger partial charge in [-0.25, -0.2) is 0 Å². The number of benzene rings is 1. The Hall–Kier alpha value is -1.26. The maximum atomic E-state index is 9.77. The number of aromatic hydroxyl groups is 2. The summed E-state index contributed by atoms with van der Waals surface area (Å²) in [6, 6.07) is 5.31. The number of likely N-dealkylation sites (tertiary alicyclic amines) is 1. The fraction of sp³-hybridized carbons (Fsp3) is 0.625. The maximum Gasteiger partial charge on any atom is 0.123 e. The van der Waals surface area contributed by atoms with Crippen molar-refractivity contribution in [3.05, 3.63) is 23.8 Å². The Labute approximate surface area is 121 Å². The molecule has 3 N–H and O–H groups in total. The minimum absolute atomic E-state index is 0.100. The molecule has 0 radical (unpaired) electrons. The number of nitrogens with zero attached hydrogens (tertiary/aromatic N) is 1. The van der Waals surface area contributed by atoms with Crippen molar-refractivity contribution in [1.29, 1.82) is 0 Å². The van der Waals surface area contributed by atoms with Gasteiger partial charge >= 0.3 is 0 Å². The van der Waals surface area contributed by atoms with Crippen molar-refractivity contribution in [2.45, 2.75) is 39.3 Å². The molecule has 1 saturated heterocycles. The SMILES string of the molecule is CC(C)C(CNCc1ccc(O)cc1O)N1CCCC1. The van der Waals surface area contributed by atoms with E-state index >= 15 is 0 Å². The summed E-state index contributed by atoms with van der Waals surface area (Å²) in [4.78, 5) is 2.56. The highest BCUT2D eigenvalue weighted by atomic mass is 16.3.